The molecule has 0 saturated carbocycles. The summed E-state index contributed by atoms with van der Waals surface area (Å²) in [7, 11) is 1.29. The zero-order chi connectivity index (χ0) is 25.7. The van der Waals surface area contributed by atoms with E-state index in [0.717, 1.165) is 0 Å². The summed E-state index contributed by atoms with van der Waals surface area (Å²) in [6, 6.07) is 3.39. The molecule has 0 saturated heterocycles. The number of pyridine rings is 2. The molecule has 1 aliphatic rings. The number of halogens is 4. The zero-order valence-electron chi connectivity index (χ0n) is 19.6. The van der Waals surface area contributed by atoms with Crippen LogP contribution in [-0.2, 0) is 6.42 Å². The summed E-state index contributed by atoms with van der Waals surface area (Å²) in [5.74, 6) is -1.30. The van der Waals surface area contributed by atoms with Crippen LogP contribution in [0.1, 0.15) is 19.4 Å². The average Bonchev–Trinajstić information content (AvgIpc) is 2.97. The van der Waals surface area contributed by atoms with Crippen molar-refractivity contribution in [2.75, 3.05) is 30.9 Å². The summed E-state index contributed by atoms with van der Waals surface area (Å²) in [6.07, 6.45) is -2.38. The van der Waals surface area contributed by atoms with Crippen LogP contribution in [0.4, 0.5) is 29.2 Å². The predicted molar refractivity (Wildman–Crippen MR) is 127 cm³/mol. The van der Waals surface area contributed by atoms with Crippen molar-refractivity contribution in [3.8, 4) is 23.1 Å². The number of fused-ring (bicyclic) bond motifs is 1. The summed E-state index contributed by atoms with van der Waals surface area (Å²) in [5, 5.41) is 0.391. The van der Waals surface area contributed by atoms with E-state index in [1.165, 1.54) is 30.2 Å². The second-order valence-electron chi connectivity index (χ2n) is 8.41. The van der Waals surface area contributed by atoms with Crippen LogP contribution in [0.5, 0.6) is 11.9 Å². The van der Waals surface area contributed by atoms with Crippen LogP contribution >= 0.6 is 0 Å². The van der Waals surface area contributed by atoms with Gasteiger partial charge in [0.2, 0.25) is 5.88 Å². The van der Waals surface area contributed by atoms with Gasteiger partial charge < -0.3 is 20.1 Å². The molecule has 0 aliphatic carbocycles. The summed E-state index contributed by atoms with van der Waals surface area (Å²) in [5.41, 5.74) is 6.47. The van der Waals surface area contributed by atoms with Crippen LogP contribution in [0.2, 0.25) is 0 Å². The van der Waals surface area contributed by atoms with Crippen LogP contribution < -0.4 is 20.1 Å². The van der Waals surface area contributed by atoms with Gasteiger partial charge >= 0.3 is 6.01 Å². The van der Waals surface area contributed by atoms with Gasteiger partial charge in [-0.1, -0.05) is 6.92 Å². The van der Waals surface area contributed by atoms with Crippen LogP contribution in [0, 0.1) is 11.6 Å². The first-order valence-corrected chi connectivity index (χ1v) is 11.2. The first kappa shape index (κ1) is 23.8. The summed E-state index contributed by atoms with van der Waals surface area (Å²) >= 11 is 0. The second kappa shape index (κ2) is 8.92. The van der Waals surface area contributed by atoms with Gasteiger partial charge in [0.05, 0.1) is 25.2 Å². The molecule has 0 spiro atoms. The smallest absolute Gasteiger partial charge is 0.318 e. The van der Waals surface area contributed by atoms with Crippen molar-refractivity contribution in [2.24, 2.45) is 0 Å². The van der Waals surface area contributed by atoms with Gasteiger partial charge in [0.15, 0.2) is 5.82 Å². The van der Waals surface area contributed by atoms with Gasteiger partial charge in [0, 0.05) is 10.9 Å². The number of alkyl halides is 2. The molecular weight excluding hydrogens is 480 g/mol. The van der Waals surface area contributed by atoms with E-state index in [4.69, 9.17) is 15.2 Å². The number of aromatic nitrogens is 4. The van der Waals surface area contributed by atoms with Crippen LogP contribution in [-0.4, -0.2) is 52.7 Å². The Bertz CT molecular complexity index is 1500. The molecule has 4 heterocycles. The summed E-state index contributed by atoms with van der Waals surface area (Å²) < 4.78 is 68.8. The van der Waals surface area contributed by atoms with Gasteiger partial charge in [-0.25, -0.2) is 27.5 Å². The number of hydrogen-bond donors (Lipinski definition) is 1. The van der Waals surface area contributed by atoms with E-state index in [0.29, 0.717) is 22.9 Å². The van der Waals surface area contributed by atoms with E-state index in [1.54, 1.807) is 13.8 Å². The maximum Gasteiger partial charge on any atom is 0.318 e. The fourth-order valence-electron chi connectivity index (χ4n) is 4.53. The van der Waals surface area contributed by atoms with Crippen LogP contribution in [0.15, 0.2) is 18.2 Å². The molecule has 8 nitrogen and oxygen atoms in total. The quantitative estimate of drug-likeness (QED) is 0.398. The molecular formula is C24H22F4N6O2. The number of aryl methyl sites for hydroxylation is 1. The van der Waals surface area contributed by atoms with Gasteiger partial charge in [0.1, 0.15) is 40.7 Å². The molecule has 0 radical (unpaired) electrons. The lowest BCUT2D eigenvalue weighted by molar-refractivity contribution is 0.149. The number of nitrogen functional groups attached to an aromatic ring is 1. The Morgan fingerprint density at radius 3 is 2.64 bits per heavy atom. The van der Waals surface area contributed by atoms with Crippen molar-refractivity contribution in [1.82, 2.24) is 19.9 Å². The van der Waals surface area contributed by atoms with E-state index in [1.807, 2.05) is 0 Å². The number of anilines is 2. The third kappa shape index (κ3) is 3.76. The highest BCUT2D eigenvalue weighted by molar-refractivity contribution is 6.02. The van der Waals surface area contributed by atoms with Crippen molar-refractivity contribution in [3.05, 3.63) is 35.4 Å². The molecule has 188 valence electrons. The molecule has 1 atom stereocenters. The first-order chi connectivity index (χ1) is 17.2. The Hall–Kier alpha value is -3.96. The summed E-state index contributed by atoms with van der Waals surface area (Å²) in [4.78, 5) is 18.4. The first-order valence-electron chi connectivity index (χ1n) is 11.2. The van der Waals surface area contributed by atoms with E-state index in [-0.39, 0.29) is 52.3 Å². The molecule has 0 fully saturated rings. The lowest BCUT2D eigenvalue weighted by Gasteiger charge is -2.28. The molecule has 1 aliphatic heterocycles. The Morgan fingerprint density at radius 1 is 1.17 bits per heavy atom. The standard InChI is InChI=1S/C24H22F4N6O2/c1-4-11-13(25)5-6-14-17(11)12(7-16(29)30-14)20-19(28)21-18-22(33-24(32-21)35-3)34(8-15(26)27)10(2)9-36-23(18)31-20/h5-7,10,15H,4,8-9H2,1-3H3,(H2,29,30)/t10-/m0/s1. The Kier molecular flexibility index (Phi) is 5.89. The normalized spacial score (nSPS) is 15.4. The number of rotatable bonds is 5. The lowest BCUT2D eigenvalue weighted by Crippen LogP contribution is -2.40. The van der Waals surface area contributed by atoms with Crippen molar-refractivity contribution in [3.63, 3.8) is 0 Å². The molecule has 1 aromatic carbocycles. The van der Waals surface area contributed by atoms with E-state index >= 15 is 4.39 Å². The number of nitrogens with zero attached hydrogens (tertiary/aromatic N) is 5. The third-order valence-corrected chi connectivity index (χ3v) is 6.15. The molecule has 12 heteroatoms. The highest BCUT2D eigenvalue weighted by Gasteiger charge is 2.32. The Morgan fingerprint density at radius 2 is 1.94 bits per heavy atom. The second-order valence-corrected chi connectivity index (χ2v) is 8.41. The minimum absolute atomic E-state index is 0.0212. The minimum atomic E-state index is -2.68. The number of benzene rings is 1. The number of nitrogens with two attached hydrogens (primary N) is 1. The molecule has 0 bridgehead atoms. The zero-order valence-corrected chi connectivity index (χ0v) is 19.6. The average molecular weight is 502 g/mol. The predicted octanol–water partition coefficient (Wildman–Crippen LogP) is 4.52. The van der Waals surface area contributed by atoms with Gasteiger partial charge in [-0.3, -0.25) is 0 Å². The van der Waals surface area contributed by atoms with E-state index < -0.39 is 30.6 Å². The highest BCUT2D eigenvalue weighted by Crippen LogP contribution is 2.42. The fourth-order valence-corrected chi connectivity index (χ4v) is 4.53. The fraction of sp³-hybridized carbons (Fsp3) is 0.333. The van der Waals surface area contributed by atoms with Gasteiger partial charge in [-0.15, -0.1) is 0 Å². The van der Waals surface area contributed by atoms with E-state index in [9.17, 15) is 13.2 Å². The van der Waals surface area contributed by atoms with Gasteiger partial charge in [-0.05, 0) is 37.1 Å². The molecule has 0 amide bonds. The number of methoxy groups -OCH3 is 1. The lowest BCUT2D eigenvalue weighted by atomic mass is 9.97. The van der Waals surface area contributed by atoms with E-state index in [2.05, 4.69) is 19.9 Å². The van der Waals surface area contributed by atoms with Crippen molar-refractivity contribution in [2.45, 2.75) is 32.7 Å². The van der Waals surface area contributed by atoms with Crippen molar-refractivity contribution >= 4 is 33.4 Å². The maximum atomic E-state index is 16.2. The van der Waals surface area contributed by atoms with Crippen molar-refractivity contribution in [1.29, 1.82) is 0 Å². The highest BCUT2D eigenvalue weighted by atomic mass is 19.3. The molecule has 4 aromatic rings. The minimum Gasteiger partial charge on any atom is -0.475 e. The monoisotopic (exact) mass is 502 g/mol. The molecule has 0 unspecified atom stereocenters. The van der Waals surface area contributed by atoms with Gasteiger partial charge in [0.25, 0.3) is 6.43 Å². The molecule has 3 aromatic heterocycles. The SMILES string of the molecule is CCc1c(F)ccc2nc(N)cc(-c3nc4c5c(nc(OC)nc5c3F)N(CC(F)F)[C@@H](C)CO4)c12. The summed E-state index contributed by atoms with van der Waals surface area (Å²) in [6.45, 7) is 2.77. The maximum absolute atomic E-state index is 16.2. The topological polar surface area (TPSA) is 99.3 Å². The molecule has 2 N–H and O–H groups in total. The third-order valence-electron chi connectivity index (χ3n) is 6.15. The molecule has 36 heavy (non-hydrogen) atoms. The van der Waals surface area contributed by atoms with Crippen LogP contribution in [0.3, 0.4) is 0 Å². The van der Waals surface area contributed by atoms with Crippen molar-refractivity contribution < 1.29 is 27.0 Å². The molecule has 5 rings (SSSR count). The largest absolute Gasteiger partial charge is 0.475 e. The van der Waals surface area contributed by atoms with Crippen LogP contribution in [0.25, 0.3) is 33.1 Å². The number of hydrogen-bond acceptors (Lipinski definition) is 8. The number of ether oxygens (including phenoxy) is 2. The van der Waals surface area contributed by atoms with Gasteiger partial charge in [-0.2, -0.15) is 9.97 Å². The Labute approximate surface area is 203 Å². The Balaban J connectivity index is 1.88.